The number of rotatable bonds is 1. The highest BCUT2D eigenvalue weighted by molar-refractivity contribution is 6.29. The van der Waals surface area contributed by atoms with Crippen LogP contribution in [0, 0.1) is 0 Å². The van der Waals surface area contributed by atoms with Crippen LogP contribution in [-0.4, -0.2) is 16.3 Å². The molecule has 1 heterocycles. The molecule has 0 radical (unpaired) electrons. The Morgan fingerprint density at radius 2 is 2.40 bits per heavy atom. The van der Waals surface area contributed by atoms with Crippen molar-refractivity contribution < 1.29 is 0 Å². The van der Waals surface area contributed by atoms with Crippen LogP contribution in [0.5, 0.6) is 0 Å². The normalized spacial score (nSPS) is 10.5. The summed E-state index contributed by atoms with van der Waals surface area (Å²) in [5.74, 6) is 0.412. The standard InChI is InChI=1S/C5H5ClN4/c6-4-1-8-2-5(10-4)9-3-7/h1-3H,(H2,7,9,10). The van der Waals surface area contributed by atoms with E-state index in [0.29, 0.717) is 11.0 Å². The predicted molar refractivity (Wildman–Crippen MR) is 39.4 cm³/mol. The van der Waals surface area contributed by atoms with Crippen LogP contribution in [0.3, 0.4) is 0 Å². The van der Waals surface area contributed by atoms with Gasteiger partial charge in [-0.2, -0.15) is 0 Å². The molecule has 0 unspecified atom stereocenters. The third-order valence-electron chi connectivity index (χ3n) is 0.799. The largest absolute Gasteiger partial charge is 0.390 e. The van der Waals surface area contributed by atoms with Crippen molar-refractivity contribution in [2.24, 2.45) is 10.7 Å². The Kier molecular flexibility index (Phi) is 2.17. The lowest BCUT2D eigenvalue weighted by Gasteiger charge is -1.89. The fourth-order valence-corrected chi connectivity index (χ4v) is 0.614. The highest BCUT2D eigenvalue weighted by Crippen LogP contribution is 2.08. The molecule has 1 aromatic rings. The molecule has 0 aliphatic rings. The van der Waals surface area contributed by atoms with Gasteiger partial charge < -0.3 is 5.73 Å². The second-order valence-electron chi connectivity index (χ2n) is 1.48. The third-order valence-corrected chi connectivity index (χ3v) is 0.981. The molecule has 4 nitrogen and oxygen atoms in total. The molecule has 5 heteroatoms. The van der Waals surface area contributed by atoms with E-state index in [-0.39, 0.29) is 0 Å². The van der Waals surface area contributed by atoms with Crippen LogP contribution >= 0.6 is 11.6 Å². The molecular formula is C5H5ClN4. The van der Waals surface area contributed by atoms with E-state index in [1.54, 1.807) is 0 Å². The minimum absolute atomic E-state index is 0.308. The second kappa shape index (κ2) is 3.12. The summed E-state index contributed by atoms with van der Waals surface area (Å²) in [6, 6.07) is 0. The van der Waals surface area contributed by atoms with Crippen molar-refractivity contribution in [3.63, 3.8) is 0 Å². The summed E-state index contributed by atoms with van der Waals surface area (Å²) in [6.45, 7) is 0. The summed E-state index contributed by atoms with van der Waals surface area (Å²) in [5.41, 5.74) is 5.01. The summed E-state index contributed by atoms with van der Waals surface area (Å²) >= 11 is 5.49. The Hall–Kier alpha value is -1.16. The SMILES string of the molecule is N/C=N/c1cncc(Cl)n1. The second-order valence-corrected chi connectivity index (χ2v) is 1.87. The quantitative estimate of drug-likeness (QED) is 0.482. The van der Waals surface area contributed by atoms with E-state index in [2.05, 4.69) is 15.0 Å². The minimum atomic E-state index is 0.308. The maximum absolute atomic E-state index is 5.49. The number of nitrogens with two attached hydrogens (primary N) is 1. The first-order valence-corrected chi connectivity index (χ1v) is 2.92. The number of halogens is 1. The molecule has 0 bridgehead atoms. The Bertz CT molecular complexity index is 247. The van der Waals surface area contributed by atoms with Gasteiger partial charge in [0.1, 0.15) is 5.15 Å². The van der Waals surface area contributed by atoms with Gasteiger partial charge in [-0.15, -0.1) is 0 Å². The molecule has 0 atom stereocenters. The number of aliphatic imine (C=N–C) groups is 1. The van der Waals surface area contributed by atoms with Crippen molar-refractivity contribution in [1.29, 1.82) is 0 Å². The maximum Gasteiger partial charge on any atom is 0.173 e. The van der Waals surface area contributed by atoms with Gasteiger partial charge in [0.15, 0.2) is 5.82 Å². The van der Waals surface area contributed by atoms with E-state index < -0.39 is 0 Å². The van der Waals surface area contributed by atoms with E-state index in [4.69, 9.17) is 17.3 Å². The number of hydrogen-bond acceptors (Lipinski definition) is 3. The molecule has 10 heavy (non-hydrogen) atoms. The first-order chi connectivity index (χ1) is 4.83. The molecule has 0 spiro atoms. The molecule has 0 fully saturated rings. The van der Waals surface area contributed by atoms with Crippen LogP contribution < -0.4 is 5.73 Å². The first kappa shape index (κ1) is 6.95. The molecule has 0 saturated heterocycles. The lowest BCUT2D eigenvalue weighted by molar-refractivity contribution is 1.18. The Morgan fingerprint density at radius 3 is 3.00 bits per heavy atom. The molecule has 0 aromatic carbocycles. The number of nitrogens with zero attached hydrogens (tertiary/aromatic N) is 3. The zero-order valence-electron chi connectivity index (χ0n) is 5.03. The molecule has 0 aliphatic heterocycles. The van der Waals surface area contributed by atoms with Crippen molar-refractivity contribution in [3.05, 3.63) is 17.5 Å². The Labute approximate surface area is 62.8 Å². The lowest BCUT2D eigenvalue weighted by atomic mass is 10.7. The van der Waals surface area contributed by atoms with E-state index in [1.807, 2.05) is 0 Å². The van der Waals surface area contributed by atoms with E-state index >= 15 is 0 Å². The van der Waals surface area contributed by atoms with Crippen molar-refractivity contribution in [3.8, 4) is 0 Å². The zero-order chi connectivity index (χ0) is 7.40. The van der Waals surface area contributed by atoms with E-state index in [9.17, 15) is 0 Å². The molecule has 52 valence electrons. The van der Waals surface area contributed by atoms with Gasteiger partial charge in [-0.05, 0) is 0 Å². The third kappa shape index (κ3) is 1.66. The summed E-state index contributed by atoms with van der Waals surface area (Å²) < 4.78 is 0. The topological polar surface area (TPSA) is 64.2 Å². The van der Waals surface area contributed by atoms with Crippen molar-refractivity contribution in [2.45, 2.75) is 0 Å². The van der Waals surface area contributed by atoms with E-state index in [0.717, 1.165) is 6.34 Å². The smallest absolute Gasteiger partial charge is 0.173 e. The molecule has 2 N–H and O–H groups in total. The Balaban J connectivity index is 2.95. The van der Waals surface area contributed by atoms with Gasteiger partial charge in [-0.1, -0.05) is 11.6 Å². The van der Waals surface area contributed by atoms with Gasteiger partial charge in [0.25, 0.3) is 0 Å². The lowest BCUT2D eigenvalue weighted by Crippen LogP contribution is -1.88. The summed E-state index contributed by atoms with van der Waals surface area (Å²) in [6.07, 6.45) is 4.03. The van der Waals surface area contributed by atoms with Crippen LogP contribution in [-0.2, 0) is 0 Å². The monoisotopic (exact) mass is 156 g/mol. The van der Waals surface area contributed by atoms with Crippen LogP contribution in [0.25, 0.3) is 0 Å². The summed E-state index contributed by atoms with van der Waals surface area (Å²) in [7, 11) is 0. The van der Waals surface area contributed by atoms with Gasteiger partial charge in [0, 0.05) is 0 Å². The van der Waals surface area contributed by atoms with Crippen LogP contribution in [0.2, 0.25) is 5.15 Å². The number of hydrogen-bond donors (Lipinski definition) is 1. The highest BCUT2D eigenvalue weighted by atomic mass is 35.5. The van der Waals surface area contributed by atoms with Gasteiger partial charge in [0.05, 0.1) is 18.7 Å². The van der Waals surface area contributed by atoms with Gasteiger partial charge in [-0.3, -0.25) is 4.98 Å². The average Bonchev–Trinajstić information content (AvgIpc) is 1.88. The molecule has 0 aliphatic carbocycles. The average molecular weight is 157 g/mol. The molecule has 1 aromatic heterocycles. The highest BCUT2D eigenvalue weighted by Gasteiger charge is 1.90. The summed E-state index contributed by atoms with van der Waals surface area (Å²) in [5, 5.41) is 0.308. The van der Waals surface area contributed by atoms with Crippen LogP contribution in [0.4, 0.5) is 5.82 Å². The van der Waals surface area contributed by atoms with Crippen LogP contribution in [0.15, 0.2) is 17.4 Å². The van der Waals surface area contributed by atoms with Crippen molar-refractivity contribution >= 4 is 23.8 Å². The van der Waals surface area contributed by atoms with Crippen molar-refractivity contribution in [1.82, 2.24) is 9.97 Å². The molecule has 0 saturated carbocycles. The molecule has 0 amide bonds. The molecular weight excluding hydrogens is 152 g/mol. The maximum atomic E-state index is 5.49. The van der Waals surface area contributed by atoms with Gasteiger partial charge in [-0.25, -0.2) is 9.98 Å². The van der Waals surface area contributed by atoms with Gasteiger partial charge >= 0.3 is 0 Å². The zero-order valence-corrected chi connectivity index (χ0v) is 5.78. The van der Waals surface area contributed by atoms with Gasteiger partial charge in [0.2, 0.25) is 0 Å². The van der Waals surface area contributed by atoms with E-state index in [1.165, 1.54) is 12.4 Å². The fourth-order valence-electron chi connectivity index (χ4n) is 0.471. The summed E-state index contributed by atoms with van der Waals surface area (Å²) in [4.78, 5) is 11.2. The van der Waals surface area contributed by atoms with Crippen LogP contribution in [0.1, 0.15) is 0 Å². The minimum Gasteiger partial charge on any atom is -0.390 e. The first-order valence-electron chi connectivity index (χ1n) is 2.55. The predicted octanol–water partition coefficient (Wildman–Crippen LogP) is 0.749. The molecule has 1 rings (SSSR count). The fraction of sp³-hybridized carbons (Fsp3) is 0. The van der Waals surface area contributed by atoms with Crippen molar-refractivity contribution in [2.75, 3.05) is 0 Å². The Morgan fingerprint density at radius 1 is 1.60 bits per heavy atom. The number of aromatic nitrogens is 2.